The highest BCUT2D eigenvalue weighted by molar-refractivity contribution is 8.00. The molecule has 0 spiro atoms. The van der Waals surface area contributed by atoms with Gasteiger partial charge in [-0.05, 0) is 42.0 Å². The van der Waals surface area contributed by atoms with E-state index in [1.807, 2.05) is 42.5 Å². The predicted molar refractivity (Wildman–Crippen MR) is 134 cm³/mol. The summed E-state index contributed by atoms with van der Waals surface area (Å²) in [4.78, 5) is 42.7. The zero-order chi connectivity index (χ0) is 23.7. The number of para-hydroxylation sites is 1. The number of thioether (sulfide) groups is 1. The number of hydrogen-bond acceptors (Lipinski definition) is 4. The van der Waals surface area contributed by atoms with Gasteiger partial charge >= 0.3 is 6.03 Å². The van der Waals surface area contributed by atoms with Crippen LogP contribution in [-0.4, -0.2) is 28.6 Å². The van der Waals surface area contributed by atoms with Crippen molar-refractivity contribution in [2.45, 2.75) is 11.4 Å². The third-order valence-electron chi connectivity index (χ3n) is 5.55. The number of aromatic amines is 1. The van der Waals surface area contributed by atoms with Gasteiger partial charge in [0.25, 0.3) is 0 Å². The van der Waals surface area contributed by atoms with Crippen LogP contribution in [0.25, 0.3) is 10.9 Å². The van der Waals surface area contributed by atoms with E-state index >= 15 is 0 Å². The van der Waals surface area contributed by atoms with Crippen LogP contribution in [0.15, 0.2) is 77.8 Å². The third-order valence-corrected chi connectivity index (χ3v) is 6.60. The Labute approximate surface area is 199 Å². The first kappa shape index (κ1) is 21.6. The Balaban J connectivity index is 1.36. The van der Waals surface area contributed by atoms with Crippen molar-refractivity contribution in [1.29, 1.82) is 0 Å². The fourth-order valence-electron chi connectivity index (χ4n) is 3.92. The number of fused-ring (bicyclic) bond motifs is 2. The number of benzene rings is 3. The van der Waals surface area contributed by atoms with Gasteiger partial charge in [-0.25, -0.2) is 4.79 Å². The number of carbonyl (C=O) groups is 3. The number of urea groups is 1. The molecule has 0 aliphatic carbocycles. The quantitative estimate of drug-likeness (QED) is 0.341. The van der Waals surface area contributed by atoms with E-state index in [0.29, 0.717) is 34.9 Å². The van der Waals surface area contributed by atoms with Crippen LogP contribution < -0.4 is 21.3 Å². The molecule has 4 aromatic rings. The maximum Gasteiger partial charge on any atom is 0.323 e. The van der Waals surface area contributed by atoms with Crippen LogP contribution in [0.3, 0.4) is 0 Å². The molecule has 1 aromatic heterocycles. The van der Waals surface area contributed by atoms with Gasteiger partial charge in [-0.1, -0.05) is 30.3 Å². The van der Waals surface area contributed by atoms with E-state index in [2.05, 4.69) is 15.6 Å². The number of nitrogens with zero attached hydrogens (tertiary/aromatic N) is 1. The molecule has 1 aliphatic heterocycles. The van der Waals surface area contributed by atoms with Gasteiger partial charge in [0.15, 0.2) is 0 Å². The second-order valence-electron chi connectivity index (χ2n) is 7.84. The smallest absolute Gasteiger partial charge is 0.323 e. The molecule has 0 unspecified atom stereocenters. The number of nitrogens with one attached hydrogen (secondary N) is 3. The molecule has 0 saturated heterocycles. The highest BCUT2D eigenvalue weighted by atomic mass is 32.2. The molecular formula is C25H21N5O3S. The molecule has 170 valence electrons. The summed E-state index contributed by atoms with van der Waals surface area (Å²) in [7, 11) is 0. The minimum absolute atomic E-state index is 0.0534. The fraction of sp³-hybridized carbons (Fsp3) is 0.0800. The number of H-pyrrole nitrogens is 1. The van der Waals surface area contributed by atoms with E-state index in [1.54, 1.807) is 35.4 Å². The monoisotopic (exact) mass is 471 g/mol. The van der Waals surface area contributed by atoms with Crippen LogP contribution >= 0.6 is 11.8 Å². The number of nitrogens with two attached hydrogens (primary N) is 1. The van der Waals surface area contributed by atoms with Gasteiger partial charge < -0.3 is 26.3 Å². The van der Waals surface area contributed by atoms with E-state index in [1.165, 1.54) is 11.8 Å². The van der Waals surface area contributed by atoms with Crippen LogP contribution in [0.5, 0.6) is 0 Å². The SMILES string of the molecule is NC(=O)c1cccc(CN2C(=O)CSc3ccc(NC(=O)Nc4c[nH]c5ccccc45)cc32)c1. The van der Waals surface area contributed by atoms with Crippen molar-refractivity contribution in [1.82, 2.24) is 4.98 Å². The van der Waals surface area contributed by atoms with Crippen molar-refractivity contribution >= 4 is 57.6 Å². The first-order valence-electron chi connectivity index (χ1n) is 10.6. The molecule has 9 heteroatoms. The summed E-state index contributed by atoms with van der Waals surface area (Å²) < 4.78 is 0. The Hall–Kier alpha value is -4.24. The summed E-state index contributed by atoms with van der Waals surface area (Å²) in [6.45, 7) is 0.290. The van der Waals surface area contributed by atoms with Crippen molar-refractivity contribution in [3.05, 3.63) is 84.1 Å². The number of aromatic nitrogens is 1. The summed E-state index contributed by atoms with van der Waals surface area (Å²) in [5.74, 6) is -0.256. The molecule has 8 nitrogen and oxygen atoms in total. The van der Waals surface area contributed by atoms with Gasteiger partial charge in [0.05, 0.1) is 23.7 Å². The molecule has 1 aliphatic rings. The first-order valence-corrected chi connectivity index (χ1v) is 11.6. The molecule has 2 heterocycles. The Kier molecular flexibility index (Phi) is 5.69. The lowest BCUT2D eigenvalue weighted by Crippen LogP contribution is -2.35. The van der Waals surface area contributed by atoms with E-state index in [0.717, 1.165) is 21.4 Å². The summed E-state index contributed by atoms with van der Waals surface area (Å²) >= 11 is 1.45. The second kappa shape index (κ2) is 8.95. The number of rotatable bonds is 5. The van der Waals surface area contributed by atoms with E-state index in [9.17, 15) is 14.4 Å². The number of carbonyl (C=O) groups excluding carboxylic acids is 3. The van der Waals surface area contributed by atoms with E-state index in [4.69, 9.17) is 5.73 Å². The highest BCUT2D eigenvalue weighted by Crippen LogP contribution is 2.38. The number of hydrogen-bond donors (Lipinski definition) is 4. The lowest BCUT2D eigenvalue weighted by atomic mass is 10.1. The van der Waals surface area contributed by atoms with E-state index < -0.39 is 5.91 Å². The van der Waals surface area contributed by atoms with Crippen molar-refractivity contribution in [3.8, 4) is 0 Å². The van der Waals surface area contributed by atoms with Crippen LogP contribution in [0.4, 0.5) is 21.9 Å². The molecule has 34 heavy (non-hydrogen) atoms. The number of anilines is 3. The van der Waals surface area contributed by atoms with Crippen molar-refractivity contribution < 1.29 is 14.4 Å². The maximum absolute atomic E-state index is 12.8. The minimum atomic E-state index is -0.518. The van der Waals surface area contributed by atoms with Gasteiger partial charge in [-0.15, -0.1) is 11.8 Å². The molecule has 0 bridgehead atoms. The first-order chi connectivity index (χ1) is 16.5. The molecule has 0 fully saturated rings. The molecule has 0 atom stereocenters. The zero-order valence-electron chi connectivity index (χ0n) is 18.0. The fourth-order valence-corrected chi connectivity index (χ4v) is 4.83. The Bertz CT molecular complexity index is 1430. The molecule has 4 amide bonds. The minimum Gasteiger partial charge on any atom is -0.366 e. The lowest BCUT2D eigenvalue weighted by Gasteiger charge is -2.29. The van der Waals surface area contributed by atoms with Gasteiger partial charge in [0.1, 0.15) is 0 Å². The Morgan fingerprint density at radius 3 is 2.74 bits per heavy atom. The second-order valence-corrected chi connectivity index (χ2v) is 8.86. The lowest BCUT2D eigenvalue weighted by molar-refractivity contribution is -0.116. The highest BCUT2D eigenvalue weighted by Gasteiger charge is 2.25. The topological polar surface area (TPSA) is 120 Å². The average molecular weight is 472 g/mol. The van der Waals surface area contributed by atoms with Crippen LogP contribution in [-0.2, 0) is 11.3 Å². The Morgan fingerprint density at radius 2 is 1.88 bits per heavy atom. The largest absolute Gasteiger partial charge is 0.366 e. The summed E-state index contributed by atoms with van der Waals surface area (Å²) in [6.07, 6.45) is 1.74. The van der Waals surface area contributed by atoms with Crippen LogP contribution in [0, 0.1) is 0 Å². The Morgan fingerprint density at radius 1 is 1.03 bits per heavy atom. The molecule has 3 aromatic carbocycles. The standard InChI is InChI=1S/C25H21N5O3S/c26-24(32)16-5-3-4-15(10-16)13-30-21-11-17(8-9-22(21)34-14-23(30)31)28-25(33)29-20-12-27-19-7-2-1-6-18(19)20/h1-12,27H,13-14H2,(H2,26,32)(H2,28,29,33). The van der Waals surface area contributed by atoms with Crippen molar-refractivity contribution in [3.63, 3.8) is 0 Å². The number of amides is 4. The molecule has 5 rings (SSSR count). The van der Waals surface area contributed by atoms with Gasteiger partial charge in [0, 0.05) is 33.2 Å². The van der Waals surface area contributed by atoms with Gasteiger partial charge in [-0.3, -0.25) is 9.59 Å². The zero-order valence-corrected chi connectivity index (χ0v) is 18.8. The molecule has 5 N–H and O–H groups in total. The van der Waals surface area contributed by atoms with Crippen molar-refractivity contribution in [2.24, 2.45) is 5.73 Å². The molecule has 0 saturated carbocycles. The van der Waals surface area contributed by atoms with Gasteiger partial charge in [0.2, 0.25) is 11.8 Å². The maximum atomic E-state index is 12.8. The summed E-state index contributed by atoms with van der Waals surface area (Å²) in [5.41, 5.74) is 9.44. The molecular weight excluding hydrogens is 450 g/mol. The predicted octanol–water partition coefficient (Wildman–Crippen LogP) is 4.55. The molecule has 0 radical (unpaired) electrons. The number of primary amides is 1. The summed E-state index contributed by atoms with van der Waals surface area (Å²) in [6, 6.07) is 19.7. The van der Waals surface area contributed by atoms with Gasteiger partial charge in [-0.2, -0.15) is 0 Å². The van der Waals surface area contributed by atoms with Crippen LogP contribution in [0.2, 0.25) is 0 Å². The van der Waals surface area contributed by atoms with Crippen molar-refractivity contribution in [2.75, 3.05) is 21.3 Å². The average Bonchev–Trinajstić information content (AvgIpc) is 3.24. The normalized spacial score (nSPS) is 12.9. The van der Waals surface area contributed by atoms with Crippen LogP contribution in [0.1, 0.15) is 15.9 Å². The summed E-state index contributed by atoms with van der Waals surface area (Å²) in [5, 5.41) is 6.62. The third kappa shape index (κ3) is 4.33. The van der Waals surface area contributed by atoms with E-state index in [-0.39, 0.29) is 11.9 Å².